The van der Waals surface area contributed by atoms with Crippen molar-refractivity contribution in [1.29, 1.82) is 5.26 Å². The van der Waals surface area contributed by atoms with Crippen LogP contribution in [0.4, 0.5) is 21.8 Å². The number of amides is 1. The molecule has 10 nitrogen and oxygen atoms in total. The fraction of sp³-hybridized carbons (Fsp3) is 0.500. The number of hydrogen-bond acceptors (Lipinski definition) is 6. The van der Waals surface area contributed by atoms with Crippen LogP contribution in [-0.2, 0) is 9.53 Å². The lowest BCUT2D eigenvalue weighted by Gasteiger charge is -2.36. The molecule has 38 heavy (non-hydrogen) atoms. The number of carbonyl (C=O) groups is 1. The quantitative estimate of drug-likeness (QED) is 0.351. The van der Waals surface area contributed by atoms with E-state index in [1.807, 2.05) is 24.5 Å². The molecule has 2 aromatic rings. The number of nitrogens with one attached hydrogen (secondary N) is 2. The van der Waals surface area contributed by atoms with Crippen LogP contribution in [0.1, 0.15) is 62.7 Å². The van der Waals surface area contributed by atoms with Gasteiger partial charge < -0.3 is 21.1 Å². The molecule has 1 aromatic carbocycles. The maximum Gasteiger partial charge on any atom is 0.223 e. The lowest BCUT2D eigenvalue weighted by atomic mass is 9.73. The number of nitriles is 1. The van der Waals surface area contributed by atoms with Gasteiger partial charge in [0.2, 0.25) is 17.8 Å². The summed E-state index contributed by atoms with van der Waals surface area (Å²) >= 11 is 6.33. The van der Waals surface area contributed by atoms with Crippen LogP contribution in [-0.4, -0.2) is 47.4 Å². The third-order valence-electron chi connectivity index (χ3n) is 7.39. The number of nitrogens with two attached hydrogens (primary N) is 1. The lowest BCUT2D eigenvalue weighted by molar-refractivity contribution is -0.128. The van der Waals surface area contributed by atoms with E-state index in [4.69, 9.17) is 32.3 Å². The van der Waals surface area contributed by atoms with Gasteiger partial charge in [-0.05, 0) is 64.3 Å². The summed E-state index contributed by atoms with van der Waals surface area (Å²) in [5.41, 5.74) is 5.84. The maximum atomic E-state index is 14.9. The van der Waals surface area contributed by atoms with Crippen molar-refractivity contribution >= 4 is 47.6 Å². The number of guanidine groups is 1. The third-order valence-corrected chi connectivity index (χ3v) is 7.69. The highest BCUT2D eigenvalue weighted by molar-refractivity contribution is 6.33. The van der Waals surface area contributed by atoms with Crippen LogP contribution in [0.3, 0.4) is 0 Å². The zero-order valence-corrected chi connectivity index (χ0v) is 22.3. The molecular weight excluding hydrogens is 511 g/mol. The number of benzene rings is 1. The number of nitrogens with zero attached hydrogens (tertiary/aromatic N) is 5. The summed E-state index contributed by atoms with van der Waals surface area (Å²) in [7, 11) is 0. The molecule has 0 spiro atoms. The minimum atomic E-state index is -0.671. The number of aryl methyl sites for hydroxylation is 1. The minimum Gasteiger partial charge on any atom is -0.381 e. The Bertz CT molecular complexity index is 1260. The van der Waals surface area contributed by atoms with Gasteiger partial charge in [-0.25, -0.2) is 19.4 Å². The number of primary amides is 1. The van der Waals surface area contributed by atoms with Crippen LogP contribution in [0.25, 0.3) is 0 Å². The molecule has 2 fully saturated rings. The fourth-order valence-electron chi connectivity index (χ4n) is 4.96. The van der Waals surface area contributed by atoms with Gasteiger partial charge in [-0.2, -0.15) is 5.26 Å². The van der Waals surface area contributed by atoms with E-state index in [2.05, 4.69) is 27.3 Å². The summed E-state index contributed by atoms with van der Waals surface area (Å²) in [6.07, 6.45) is 4.06. The molecule has 1 aliphatic carbocycles. The van der Waals surface area contributed by atoms with Gasteiger partial charge in [-0.1, -0.05) is 18.5 Å². The summed E-state index contributed by atoms with van der Waals surface area (Å²) in [5.74, 6) is 0.354. The first kappa shape index (κ1) is 27.5. The molecule has 0 atom stereocenters. The molecule has 0 unspecified atom stereocenters. The Morgan fingerprint density at radius 2 is 2.03 bits per heavy atom. The van der Waals surface area contributed by atoms with Gasteiger partial charge in [0.25, 0.3) is 0 Å². The van der Waals surface area contributed by atoms with Crippen LogP contribution in [0.5, 0.6) is 0 Å². The average Bonchev–Trinajstić information content (AvgIpc) is 3.20. The number of anilines is 3. The first-order chi connectivity index (χ1) is 18.1. The molecule has 4 N–H and O–H groups in total. The van der Waals surface area contributed by atoms with Crippen LogP contribution in [0.2, 0.25) is 5.02 Å². The fourth-order valence-corrected chi connectivity index (χ4v) is 5.21. The van der Waals surface area contributed by atoms with E-state index in [1.165, 1.54) is 6.07 Å². The maximum absolute atomic E-state index is 14.9. The van der Waals surface area contributed by atoms with Gasteiger partial charge in [0.05, 0.1) is 34.1 Å². The minimum absolute atomic E-state index is 0.0131. The Labute approximate surface area is 226 Å². The van der Waals surface area contributed by atoms with Gasteiger partial charge >= 0.3 is 0 Å². The molecular formula is C26H32ClFN8O2. The summed E-state index contributed by atoms with van der Waals surface area (Å²) in [6, 6.07) is 4.39. The first-order valence-corrected chi connectivity index (χ1v) is 13.0. The van der Waals surface area contributed by atoms with Crippen LogP contribution in [0.15, 0.2) is 22.1 Å². The SMILES string of the molecule is C=NC(=NC1CCOCC1)Nc1c(C)nc(Nc2c(F)cc(C#N)cc2Cl)n1C1CCC(C)(C(N)=O)CC1. The Hall–Kier alpha value is -3.49. The molecule has 2 aliphatic rings. The molecule has 1 saturated carbocycles. The molecule has 2 heterocycles. The van der Waals surface area contributed by atoms with E-state index in [0.29, 0.717) is 62.3 Å². The van der Waals surface area contributed by atoms with E-state index in [0.717, 1.165) is 18.9 Å². The summed E-state index contributed by atoms with van der Waals surface area (Å²) in [6.45, 7) is 8.67. The van der Waals surface area contributed by atoms with Crippen LogP contribution < -0.4 is 16.4 Å². The average molecular weight is 543 g/mol. The highest BCUT2D eigenvalue weighted by Crippen LogP contribution is 2.44. The second-order valence-electron chi connectivity index (χ2n) is 10.0. The first-order valence-electron chi connectivity index (χ1n) is 12.6. The summed E-state index contributed by atoms with van der Waals surface area (Å²) < 4.78 is 22.3. The van der Waals surface area contributed by atoms with Gasteiger partial charge in [0, 0.05) is 24.7 Å². The number of hydrogen-bond donors (Lipinski definition) is 3. The Morgan fingerprint density at radius 1 is 1.34 bits per heavy atom. The zero-order valence-electron chi connectivity index (χ0n) is 21.6. The van der Waals surface area contributed by atoms with Gasteiger partial charge in [-0.15, -0.1) is 0 Å². The Kier molecular flexibility index (Phi) is 8.33. The molecule has 1 saturated heterocycles. The standard InChI is InChI=1S/C26H32ClFN8O2/c1-15-22(35-24(31-3)33-17-6-10-38-11-7-17)36(18-4-8-26(2,9-5-18)23(30)37)25(32-15)34-21-19(27)12-16(14-29)13-20(21)28/h12-13,17-18H,3-11H2,1-2H3,(H2,30,37)(H,32,34)(H,33,35). The molecule has 1 aromatic heterocycles. The van der Waals surface area contributed by atoms with Gasteiger partial charge in [0.1, 0.15) is 11.6 Å². The molecule has 1 amide bonds. The third kappa shape index (κ3) is 5.81. The highest BCUT2D eigenvalue weighted by Gasteiger charge is 2.38. The predicted molar refractivity (Wildman–Crippen MR) is 146 cm³/mol. The summed E-state index contributed by atoms with van der Waals surface area (Å²) in [4.78, 5) is 25.6. The summed E-state index contributed by atoms with van der Waals surface area (Å²) in [5, 5.41) is 15.5. The molecule has 0 bridgehead atoms. The van der Waals surface area contributed by atoms with Crippen molar-refractivity contribution in [3.05, 3.63) is 34.2 Å². The Balaban J connectivity index is 1.72. The number of imidazole rings is 1. The number of halogens is 2. The van der Waals surface area contributed by atoms with Crippen molar-refractivity contribution in [3.8, 4) is 6.07 Å². The second kappa shape index (κ2) is 11.5. The number of carbonyl (C=O) groups excluding carboxylic acids is 1. The normalized spacial score (nSPS) is 22.5. The monoisotopic (exact) mass is 542 g/mol. The second-order valence-corrected chi connectivity index (χ2v) is 10.4. The van der Waals surface area contributed by atoms with Crippen molar-refractivity contribution in [1.82, 2.24) is 9.55 Å². The van der Waals surface area contributed by atoms with Crippen molar-refractivity contribution in [2.75, 3.05) is 23.8 Å². The largest absolute Gasteiger partial charge is 0.381 e. The van der Waals surface area contributed by atoms with Crippen molar-refractivity contribution in [2.24, 2.45) is 21.1 Å². The van der Waals surface area contributed by atoms with Crippen molar-refractivity contribution in [2.45, 2.75) is 64.5 Å². The van der Waals surface area contributed by atoms with Gasteiger partial charge in [-0.3, -0.25) is 9.36 Å². The predicted octanol–water partition coefficient (Wildman–Crippen LogP) is 4.85. The highest BCUT2D eigenvalue weighted by atomic mass is 35.5. The van der Waals surface area contributed by atoms with Crippen LogP contribution >= 0.6 is 11.6 Å². The number of ether oxygens (including phenoxy) is 1. The molecule has 202 valence electrons. The van der Waals surface area contributed by atoms with E-state index in [-0.39, 0.29) is 34.3 Å². The van der Waals surface area contributed by atoms with Crippen molar-refractivity contribution in [3.63, 3.8) is 0 Å². The smallest absolute Gasteiger partial charge is 0.223 e. The molecule has 4 rings (SSSR count). The lowest BCUT2D eigenvalue weighted by Crippen LogP contribution is -2.38. The van der Waals surface area contributed by atoms with E-state index in [9.17, 15) is 9.18 Å². The van der Waals surface area contributed by atoms with E-state index < -0.39 is 11.2 Å². The van der Waals surface area contributed by atoms with E-state index in [1.54, 1.807) is 0 Å². The van der Waals surface area contributed by atoms with E-state index >= 15 is 0 Å². The molecule has 1 aliphatic heterocycles. The Morgan fingerprint density at radius 3 is 2.61 bits per heavy atom. The number of aromatic nitrogens is 2. The number of rotatable bonds is 6. The topological polar surface area (TPSA) is 143 Å². The van der Waals surface area contributed by atoms with Gasteiger partial charge in [0.15, 0.2) is 0 Å². The number of aliphatic imine (C=N–C) groups is 2. The van der Waals surface area contributed by atoms with Crippen LogP contribution in [0, 0.1) is 29.5 Å². The molecule has 0 radical (unpaired) electrons. The van der Waals surface area contributed by atoms with Crippen molar-refractivity contribution < 1.29 is 13.9 Å². The zero-order chi connectivity index (χ0) is 27.4. The molecule has 12 heteroatoms.